The van der Waals surface area contributed by atoms with E-state index in [0.717, 1.165) is 17.2 Å². The molecule has 5 heteroatoms. The van der Waals surface area contributed by atoms with Crippen LogP contribution >= 0.6 is 11.8 Å². The van der Waals surface area contributed by atoms with Crippen molar-refractivity contribution in [1.82, 2.24) is 9.97 Å². The van der Waals surface area contributed by atoms with Gasteiger partial charge in [-0.15, -0.1) is 0 Å². The Hall–Kier alpha value is -1.75. The third kappa shape index (κ3) is 3.92. The molecule has 0 aliphatic heterocycles. The third-order valence-corrected chi connectivity index (χ3v) is 3.02. The van der Waals surface area contributed by atoms with Crippen molar-refractivity contribution in [3.8, 4) is 5.75 Å². The fourth-order valence-corrected chi connectivity index (χ4v) is 2.18. The predicted octanol–water partition coefficient (Wildman–Crippen LogP) is 2.25. The Bertz CT molecular complexity index is 554. The zero-order chi connectivity index (χ0) is 12.8. The Balaban J connectivity index is 1.80. The summed E-state index contributed by atoms with van der Waals surface area (Å²) >= 11 is 1.48. The topological polar surface area (TPSA) is 55.0 Å². The van der Waals surface area contributed by atoms with Crippen molar-refractivity contribution < 1.29 is 4.74 Å². The van der Waals surface area contributed by atoms with Gasteiger partial charge in [-0.3, -0.25) is 4.79 Å². The molecule has 2 rings (SSSR count). The first-order valence-corrected chi connectivity index (χ1v) is 6.61. The highest BCUT2D eigenvalue weighted by atomic mass is 32.2. The molecule has 0 saturated heterocycles. The molecule has 1 N–H and O–H groups in total. The second-order valence-corrected chi connectivity index (χ2v) is 4.79. The van der Waals surface area contributed by atoms with E-state index >= 15 is 0 Å². The van der Waals surface area contributed by atoms with Crippen LogP contribution in [0.15, 0.2) is 46.3 Å². The standard InChI is InChI=1S/C13H14N2O2S/c1-10-9-12(16)15-13(14-10)18-8-7-17-11-5-3-2-4-6-11/h2-6,9H,7-8H2,1H3,(H,14,15,16). The maximum absolute atomic E-state index is 11.2. The van der Waals surface area contributed by atoms with Crippen molar-refractivity contribution in [3.05, 3.63) is 52.4 Å². The van der Waals surface area contributed by atoms with Crippen molar-refractivity contribution in [3.63, 3.8) is 0 Å². The molecule has 0 aliphatic rings. The average molecular weight is 262 g/mol. The Kier molecular flexibility index (Phi) is 4.41. The molecule has 1 heterocycles. The van der Waals surface area contributed by atoms with Crippen LogP contribution in [-0.4, -0.2) is 22.3 Å². The lowest BCUT2D eigenvalue weighted by Crippen LogP contribution is -2.09. The summed E-state index contributed by atoms with van der Waals surface area (Å²) in [7, 11) is 0. The van der Waals surface area contributed by atoms with Gasteiger partial charge in [0.05, 0.1) is 6.61 Å². The maximum atomic E-state index is 11.2. The SMILES string of the molecule is Cc1cc(=O)[nH]c(SCCOc2ccccc2)n1. The van der Waals surface area contributed by atoms with Crippen LogP contribution in [0.4, 0.5) is 0 Å². The number of nitrogens with one attached hydrogen (secondary N) is 1. The highest BCUT2D eigenvalue weighted by Gasteiger charge is 1.99. The second kappa shape index (κ2) is 6.26. The van der Waals surface area contributed by atoms with Gasteiger partial charge in [0, 0.05) is 17.5 Å². The Labute approximate surface area is 109 Å². The third-order valence-electron chi connectivity index (χ3n) is 2.18. The lowest BCUT2D eigenvalue weighted by Gasteiger charge is -2.05. The minimum atomic E-state index is -0.117. The molecule has 4 nitrogen and oxygen atoms in total. The van der Waals surface area contributed by atoms with Gasteiger partial charge in [0.25, 0.3) is 5.56 Å². The molecular formula is C13H14N2O2S. The number of nitrogens with zero attached hydrogens (tertiary/aromatic N) is 1. The van der Waals surface area contributed by atoms with E-state index in [1.165, 1.54) is 17.8 Å². The molecule has 0 fully saturated rings. The van der Waals surface area contributed by atoms with Gasteiger partial charge >= 0.3 is 0 Å². The largest absolute Gasteiger partial charge is 0.493 e. The summed E-state index contributed by atoms with van der Waals surface area (Å²) in [5.41, 5.74) is 0.610. The number of thioether (sulfide) groups is 1. The van der Waals surface area contributed by atoms with Gasteiger partial charge in [-0.2, -0.15) is 0 Å². The zero-order valence-electron chi connectivity index (χ0n) is 10.1. The normalized spacial score (nSPS) is 10.3. The van der Waals surface area contributed by atoms with Gasteiger partial charge in [-0.05, 0) is 19.1 Å². The lowest BCUT2D eigenvalue weighted by molar-refractivity contribution is 0.344. The first-order valence-electron chi connectivity index (χ1n) is 5.62. The summed E-state index contributed by atoms with van der Waals surface area (Å²) in [6.07, 6.45) is 0. The molecule has 0 amide bonds. The van der Waals surface area contributed by atoms with Crippen LogP contribution in [0.5, 0.6) is 5.75 Å². The number of rotatable bonds is 5. The number of hydrogen-bond acceptors (Lipinski definition) is 4. The molecule has 0 atom stereocenters. The lowest BCUT2D eigenvalue weighted by atomic mass is 10.3. The predicted molar refractivity (Wildman–Crippen MR) is 72.3 cm³/mol. The molecule has 0 radical (unpaired) electrons. The minimum Gasteiger partial charge on any atom is -0.493 e. The second-order valence-electron chi connectivity index (χ2n) is 3.70. The highest BCUT2D eigenvalue weighted by Crippen LogP contribution is 2.13. The van der Waals surface area contributed by atoms with Gasteiger partial charge in [0.2, 0.25) is 0 Å². The van der Waals surface area contributed by atoms with Crippen LogP contribution in [0.25, 0.3) is 0 Å². The molecule has 1 aromatic carbocycles. The Morgan fingerprint density at radius 1 is 1.33 bits per heavy atom. The number of aryl methyl sites for hydroxylation is 1. The number of H-pyrrole nitrogens is 1. The Morgan fingerprint density at radius 3 is 2.83 bits per heavy atom. The molecule has 1 aromatic heterocycles. The summed E-state index contributed by atoms with van der Waals surface area (Å²) in [5.74, 6) is 1.59. The van der Waals surface area contributed by atoms with E-state index in [0.29, 0.717) is 11.8 Å². The first kappa shape index (κ1) is 12.7. The molecule has 2 aromatic rings. The van der Waals surface area contributed by atoms with Crippen molar-refractivity contribution in [2.45, 2.75) is 12.1 Å². The highest BCUT2D eigenvalue weighted by molar-refractivity contribution is 7.99. The fourth-order valence-electron chi connectivity index (χ4n) is 1.43. The zero-order valence-corrected chi connectivity index (χ0v) is 10.9. The van der Waals surface area contributed by atoms with E-state index in [1.807, 2.05) is 30.3 Å². The average Bonchev–Trinajstić information content (AvgIpc) is 2.35. The molecule has 94 valence electrons. The number of ether oxygens (including phenoxy) is 1. The monoisotopic (exact) mass is 262 g/mol. The van der Waals surface area contributed by atoms with Crippen LogP contribution in [0, 0.1) is 6.92 Å². The Morgan fingerprint density at radius 2 is 2.11 bits per heavy atom. The summed E-state index contributed by atoms with van der Waals surface area (Å²) < 4.78 is 5.55. The summed E-state index contributed by atoms with van der Waals surface area (Å²) in [6.45, 7) is 2.38. The van der Waals surface area contributed by atoms with E-state index in [1.54, 1.807) is 6.92 Å². The van der Waals surface area contributed by atoms with E-state index in [9.17, 15) is 4.79 Å². The maximum Gasteiger partial charge on any atom is 0.251 e. The fraction of sp³-hybridized carbons (Fsp3) is 0.231. The van der Waals surface area contributed by atoms with Gasteiger partial charge in [-0.1, -0.05) is 30.0 Å². The minimum absolute atomic E-state index is 0.117. The number of para-hydroxylation sites is 1. The molecule has 0 saturated carbocycles. The van der Waals surface area contributed by atoms with Crippen LogP contribution in [-0.2, 0) is 0 Å². The van der Waals surface area contributed by atoms with E-state index < -0.39 is 0 Å². The van der Waals surface area contributed by atoms with E-state index in [4.69, 9.17) is 4.74 Å². The van der Waals surface area contributed by atoms with Crippen molar-refractivity contribution in [2.24, 2.45) is 0 Å². The molecular weight excluding hydrogens is 248 g/mol. The van der Waals surface area contributed by atoms with E-state index in [-0.39, 0.29) is 5.56 Å². The van der Waals surface area contributed by atoms with Gasteiger partial charge in [-0.25, -0.2) is 4.98 Å². The van der Waals surface area contributed by atoms with Crippen LogP contribution in [0.3, 0.4) is 0 Å². The smallest absolute Gasteiger partial charge is 0.251 e. The molecule has 18 heavy (non-hydrogen) atoms. The quantitative estimate of drug-likeness (QED) is 0.510. The first-order chi connectivity index (χ1) is 8.74. The summed E-state index contributed by atoms with van der Waals surface area (Å²) in [6, 6.07) is 11.1. The van der Waals surface area contributed by atoms with Crippen molar-refractivity contribution in [1.29, 1.82) is 0 Å². The van der Waals surface area contributed by atoms with Crippen molar-refractivity contribution in [2.75, 3.05) is 12.4 Å². The number of aromatic amines is 1. The number of hydrogen-bond donors (Lipinski definition) is 1. The van der Waals surface area contributed by atoms with Gasteiger partial charge in [0.1, 0.15) is 5.75 Å². The van der Waals surface area contributed by atoms with Gasteiger partial charge < -0.3 is 9.72 Å². The van der Waals surface area contributed by atoms with Crippen LogP contribution in [0.2, 0.25) is 0 Å². The van der Waals surface area contributed by atoms with Crippen LogP contribution < -0.4 is 10.3 Å². The summed E-state index contributed by atoms with van der Waals surface area (Å²) in [5, 5.41) is 0.636. The number of aromatic nitrogens is 2. The molecule has 0 unspecified atom stereocenters. The van der Waals surface area contributed by atoms with Gasteiger partial charge in [0.15, 0.2) is 5.16 Å². The molecule has 0 spiro atoms. The van der Waals surface area contributed by atoms with Crippen LogP contribution in [0.1, 0.15) is 5.69 Å². The number of benzene rings is 1. The summed E-state index contributed by atoms with van der Waals surface area (Å²) in [4.78, 5) is 18.1. The van der Waals surface area contributed by atoms with E-state index in [2.05, 4.69) is 9.97 Å². The van der Waals surface area contributed by atoms with Crippen molar-refractivity contribution >= 4 is 11.8 Å². The molecule has 0 aliphatic carbocycles. The molecule has 0 bridgehead atoms.